The molecule has 1 amide bonds. The summed E-state index contributed by atoms with van der Waals surface area (Å²) in [5, 5.41) is 7.99. The summed E-state index contributed by atoms with van der Waals surface area (Å²) in [7, 11) is 0. The first-order valence-electron chi connectivity index (χ1n) is 9.25. The van der Waals surface area contributed by atoms with Crippen LogP contribution >= 0.6 is 0 Å². The number of aryl methyl sites for hydroxylation is 3. The SMILES string of the molecule is Cc1noc(C)c1C(=O)N1CCCC1CCc1noc(-c2ccccc2)n1. The van der Waals surface area contributed by atoms with Crippen LogP contribution < -0.4 is 0 Å². The minimum atomic E-state index is 0.00633. The van der Waals surface area contributed by atoms with Gasteiger partial charge >= 0.3 is 0 Å². The number of rotatable bonds is 5. The van der Waals surface area contributed by atoms with Crippen LogP contribution in [0.15, 0.2) is 39.4 Å². The zero-order valence-electron chi connectivity index (χ0n) is 15.5. The molecule has 0 spiro atoms. The van der Waals surface area contributed by atoms with Gasteiger partial charge < -0.3 is 13.9 Å². The lowest BCUT2D eigenvalue weighted by atomic mass is 10.1. The van der Waals surface area contributed by atoms with Crippen LogP contribution in [0.25, 0.3) is 11.5 Å². The normalized spacial score (nSPS) is 16.8. The third kappa shape index (κ3) is 3.49. The average molecular weight is 366 g/mol. The van der Waals surface area contributed by atoms with Crippen molar-refractivity contribution >= 4 is 5.91 Å². The Morgan fingerprint density at radius 2 is 2.00 bits per heavy atom. The van der Waals surface area contributed by atoms with Crippen LogP contribution in [0.4, 0.5) is 0 Å². The maximum atomic E-state index is 12.9. The molecule has 140 valence electrons. The van der Waals surface area contributed by atoms with Crippen molar-refractivity contribution in [1.82, 2.24) is 20.2 Å². The third-order valence-corrected chi connectivity index (χ3v) is 5.08. The Hall–Kier alpha value is -2.96. The average Bonchev–Trinajstić information content (AvgIpc) is 3.41. The zero-order chi connectivity index (χ0) is 18.8. The van der Waals surface area contributed by atoms with Crippen molar-refractivity contribution in [2.75, 3.05) is 6.54 Å². The van der Waals surface area contributed by atoms with E-state index in [0.29, 0.717) is 35.2 Å². The van der Waals surface area contributed by atoms with Crippen LogP contribution in [0.2, 0.25) is 0 Å². The lowest BCUT2D eigenvalue weighted by Crippen LogP contribution is -2.36. The van der Waals surface area contributed by atoms with Gasteiger partial charge in [-0.3, -0.25) is 4.79 Å². The molecule has 0 bridgehead atoms. The summed E-state index contributed by atoms with van der Waals surface area (Å²) in [4.78, 5) is 19.4. The van der Waals surface area contributed by atoms with Crippen LogP contribution in [0.5, 0.6) is 0 Å². The largest absolute Gasteiger partial charge is 0.361 e. The summed E-state index contributed by atoms with van der Waals surface area (Å²) in [6, 6.07) is 9.89. The van der Waals surface area contributed by atoms with Gasteiger partial charge in [0.05, 0.1) is 5.69 Å². The number of hydrogen-bond donors (Lipinski definition) is 0. The molecule has 1 aliphatic rings. The molecule has 1 unspecified atom stereocenters. The highest BCUT2D eigenvalue weighted by Gasteiger charge is 2.32. The standard InChI is InChI=1S/C20H22N4O3/c1-13-18(14(2)26-22-13)20(25)24-12-6-9-16(24)10-11-17-21-19(27-23-17)15-7-4-3-5-8-15/h3-5,7-8,16H,6,9-12H2,1-2H3. The maximum absolute atomic E-state index is 12.9. The number of carbonyl (C=O) groups is 1. The predicted molar refractivity (Wildman–Crippen MR) is 98.1 cm³/mol. The summed E-state index contributed by atoms with van der Waals surface area (Å²) >= 11 is 0. The number of nitrogens with zero attached hydrogens (tertiary/aromatic N) is 4. The van der Waals surface area contributed by atoms with Gasteiger partial charge in [-0.05, 0) is 45.2 Å². The molecule has 7 nitrogen and oxygen atoms in total. The van der Waals surface area contributed by atoms with Gasteiger partial charge in [0.25, 0.3) is 11.8 Å². The van der Waals surface area contributed by atoms with Crippen molar-refractivity contribution in [3.05, 3.63) is 53.2 Å². The van der Waals surface area contributed by atoms with E-state index in [-0.39, 0.29) is 11.9 Å². The van der Waals surface area contributed by atoms with Crippen LogP contribution in [-0.4, -0.2) is 38.7 Å². The summed E-state index contributed by atoms with van der Waals surface area (Å²) in [5.74, 6) is 1.78. The highest BCUT2D eigenvalue weighted by molar-refractivity contribution is 5.96. The Bertz CT molecular complexity index is 912. The number of likely N-dealkylation sites (tertiary alicyclic amines) is 1. The molecule has 1 saturated heterocycles. The van der Waals surface area contributed by atoms with E-state index < -0.39 is 0 Å². The maximum Gasteiger partial charge on any atom is 0.259 e. The third-order valence-electron chi connectivity index (χ3n) is 5.08. The van der Waals surface area contributed by atoms with Gasteiger partial charge in [-0.2, -0.15) is 4.98 Å². The molecule has 0 saturated carbocycles. The van der Waals surface area contributed by atoms with Gasteiger partial charge in [-0.25, -0.2) is 0 Å². The molecule has 0 radical (unpaired) electrons. The number of amides is 1. The highest BCUT2D eigenvalue weighted by Crippen LogP contribution is 2.26. The monoisotopic (exact) mass is 366 g/mol. The van der Waals surface area contributed by atoms with E-state index in [0.717, 1.165) is 31.4 Å². The van der Waals surface area contributed by atoms with Crippen molar-refractivity contribution < 1.29 is 13.8 Å². The Kier molecular flexibility index (Phi) is 4.75. The van der Waals surface area contributed by atoms with Crippen LogP contribution in [0.3, 0.4) is 0 Å². The minimum absolute atomic E-state index is 0.00633. The Labute approximate surface area is 157 Å². The Morgan fingerprint density at radius 3 is 2.74 bits per heavy atom. The van der Waals surface area contributed by atoms with Gasteiger partial charge in [-0.15, -0.1) is 0 Å². The molecule has 1 aromatic carbocycles. The van der Waals surface area contributed by atoms with Crippen LogP contribution in [-0.2, 0) is 6.42 Å². The lowest BCUT2D eigenvalue weighted by Gasteiger charge is -2.24. The van der Waals surface area contributed by atoms with Crippen LogP contribution in [0, 0.1) is 13.8 Å². The Morgan fingerprint density at radius 1 is 1.19 bits per heavy atom. The van der Waals surface area contributed by atoms with E-state index >= 15 is 0 Å². The topological polar surface area (TPSA) is 85.3 Å². The van der Waals surface area contributed by atoms with Crippen molar-refractivity contribution in [1.29, 1.82) is 0 Å². The number of benzene rings is 1. The molecule has 0 aliphatic carbocycles. The molecule has 0 N–H and O–H groups in total. The van der Waals surface area contributed by atoms with Crippen molar-refractivity contribution in [3.8, 4) is 11.5 Å². The minimum Gasteiger partial charge on any atom is -0.361 e. The summed E-state index contributed by atoms with van der Waals surface area (Å²) in [5.41, 5.74) is 2.15. The molecular weight excluding hydrogens is 344 g/mol. The number of carbonyl (C=O) groups excluding carboxylic acids is 1. The van der Waals surface area contributed by atoms with E-state index in [4.69, 9.17) is 9.05 Å². The number of hydrogen-bond acceptors (Lipinski definition) is 6. The first kappa shape index (κ1) is 17.5. The van der Waals surface area contributed by atoms with Gasteiger partial charge in [0.1, 0.15) is 11.3 Å². The first-order chi connectivity index (χ1) is 13.1. The van der Waals surface area contributed by atoms with E-state index in [1.807, 2.05) is 35.2 Å². The van der Waals surface area contributed by atoms with Gasteiger partial charge in [-0.1, -0.05) is 28.5 Å². The molecule has 2 aromatic heterocycles. The molecule has 1 fully saturated rings. The molecule has 3 aromatic rings. The van der Waals surface area contributed by atoms with Crippen LogP contribution in [0.1, 0.15) is 46.9 Å². The summed E-state index contributed by atoms with van der Waals surface area (Å²) in [6.45, 7) is 4.34. The molecular formula is C20H22N4O3. The molecule has 1 atom stereocenters. The fraction of sp³-hybridized carbons (Fsp3) is 0.400. The van der Waals surface area contributed by atoms with E-state index in [9.17, 15) is 4.79 Å². The lowest BCUT2D eigenvalue weighted by molar-refractivity contribution is 0.0728. The summed E-state index contributed by atoms with van der Waals surface area (Å²) in [6.07, 6.45) is 3.47. The smallest absolute Gasteiger partial charge is 0.259 e. The predicted octanol–water partition coefficient (Wildman–Crippen LogP) is 3.58. The zero-order valence-corrected chi connectivity index (χ0v) is 15.5. The number of aromatic nitrogens is 3. The molecule has 27 heavy (non-hydrogen) atoms. The van der Waals surface area contributed by atoms with Crippen molar-refractivity contribution in [2.45, 2.75) is 45.6 Å². The fourth-order valence-corrected chi connectivity index (χ4v) is 3.68. The fourth-order valence-electron chi connectivity index (χ4n) is 3.68. The van der Waals surface area contributed by atoms with E-state index in [2.05, 4.69) is 15.3 Å². The second kappa shape index (κ2) is 7.34. The second-order valence-corrected chi connectivity index (χ2v) is 6.91. The molecule has 7 heteroatoms. The van der Waals surface area contributed by atoms with Crippen molar-refractivity contribution in [3.63, 3.8) is 0 Å². The van der Waals surface area contributed by atoms with Crippen molar-refractivity contribution in [2.24, 2.45) is 0 Å². The molecule has 3 heterocycles. The van der Waals surface area contributed by atoms with E-state index in [1.165, 1.54) is 0 Å². The highest BCUT2D eigenvalue weighted by atomic mass is 16.5. The van der Waals surface area contributed by atoms with Gasteiger partial charge in [0.2, 0.25) is 0 Å². The first-order valence-corrected chi connectivity index (χ1v) is 9.25. The van der Waals surface area contributed by atoms with Gasteiger partial charge in [0, 0.05) is 24.6 Å². The van der Waals surface area contributed by atoms with E-state index in [1.54, 1.807) is 13.8 Å². The molecule has 4 rings (SSSR count). The second-order valence-electron chi connectivity index (χ2n) is 6.91. The quantitative estimate of drug-likeness (QED) is 0.686. The summed E-state index contributed by atoms with van der Waals surface area (Å²) < 4.78 is 10.5. The van der Waals surface area contributed by atoms with Gasteiger partial charge in [0.15, 0.2) is 5.82 Å². The Balaban J connectivity index is 1.42. The molecule has 1 aliphatic heterocycles.